The third-order valence-corrected chi connectivity index (χ3v) is 9.91. The van der Waals surface area contributed by atoms with Gasteiger partial charge in [0, 0.05) is 42.0 Å². The summed E-state index contributed by atoms with van der Waals surface area (Å²) in [5, 5.41) is 15.3. The van der Waals surface area contributed by atoms with Crippen molar-refractivity contribution in [1.82, 2.24) is 5.32 Å². The van der Waals surface area contributed by atoms with Gasteiger partial charge in [0.1, 0.15) is 0 Å². The average molecular weight is 702 g/mol. The zero-order chi connectivity index (χ0) is 35.4. The Morgan fingerprint density at radius 1 is 0.745 bits per heavy atom. The van der Waals surface area contributed by atoms with E-state index in [9.17, 15) is 14.7 Å². The Morgan fingerprint density at radius 3 is 2.24 bits per heavy atom. The van der Waals surface area contributed by atoms with E-state index in [0.717, 1.165) is 45.6 Å². The molecule has 5 N–H and O–H groups in total. The second kappa shape index (κ2) is 17.8. The number of para-hydroxylation sites is 2. The molecule has 5 aromatic rings. The Kier molecular flexibility index (Phi) is 12.5. The SMILES string of the molecule is Nc1ccccc1NC(=O)CCCC(=O)NCc1cccc(-c2ccc([C@@H]3O[C@H](CSc4ccccc4)C[C@H](c4ccc(CO)cc4)O3)cc2)c1. The molecular formula is C42H43N3O5S. The molecule has 0 radical (unpaired) electrons. The number of aliphatic hydroxyl groups is 1. The number of thioether (sulfide) groups is 1. The Labute approximate surface area is 303 Å². The van der Waals surface area contributed by atoms with Crippen LogP contribution in [0, 0.1) is 0 Å². The first-order valence-electron chi connectivity index (χ1n) is 17.2. The van der Waals surface area contributed by atoms with Crippen molar-refractivity contribution in [2.75, 3.05) is 16.8 Å². The molecule has 0 aromatic heterocycles. The summed E-state index contributed by atoms with van der Waals surface area (Å²) in [5.74, 6) is 0.527. The number of amides is 2. The minimum Gasteiger partial charge on any atom is -0.397 e. The van der Waals surface area contributed by atoms with Crippen molar-refractivity contribution >= 4 is 35.0 Å². The van der Waals surface area contributed by atoms with Gasteiger partial charge in [-0.1, -0.05) is 97.1 Å². The van der Waals surface area contributed by atoms with Gasteiger partial charge in [-0.05, 0) is 64.6 Å². The molecule has 2 amide bonds. The maximum Gasteiger partial charge on any atom is 0.224 e. The standard InChI is InChI=1S/C42H43N3O5S/c43-37-12-4-5-13-38(37)45-41(48)15-7-14-40(47)44-26-30-8-6-9-34(24-30)31-20-22-33(23-21-31)42-49-35(28-51-36-10-2-1-3-11-36)25-39(50-42)32-18-16-29(27-46)17-19-32/h1-6,8-13,16-24,35,39,42,46H,7,14-15,25-28,43H2,(H,44,47)(H,45,48)/t35-,39+,42+/m0/s1. The van der Waals surface area contributed by atoms with E-state index in [2.05, 4.69) is 59.2 Å². The fraction of sp³-hybridized carbons (Fsp3) is 0.238. The lowest BCUT2D eigenvalue weighted by molar-refractivity contribution is -0.245. The van der Waals surface area contributed by atoms with E-state index in [1.165, 1.54) is 4.90 Å². The Balaban J connectivity index is 1.04. The quantitative estimate of drug-likeness (QED) is 0.0680. The Bertz CT molecular complexity index is 1890. The van der Waals surface area contributed by atoms with Crippen molar-refractivity contribution in [3.8, 4) is 11.1 Å². The first kappa shape index (κ1) is 35.9. The molecule has 0 unspecified atom stereocenters. The maximum atomic E-state index is 12.5. The number of nitrogen functional groups attached to an aromatic ring is 1. The van der Waals surface area contributed by atoms with Gasteiger partial charge in [-0.3, -0.25) is 9.59 Å². The average Bonchev–Trinajstić information content (AvgIpc) is 3.17. The minimum atomic E-state index is -0.527. The summed E-state index contributed by atoms with van der Waals surface area (Å²) in [6.45, 7) is 0.399. The van der Waals surface area contributed by atoms with Crippen molar-refractivity contribution in [2.24, 2.45) is 0 Å². The molecule has 8 nitrogen and oxygen atoms in total. The third kappa shape index (κ3) is 10.3. The van der Waals surface area contributed by atoms with Gasteiger partial charge in [-0.15, -0.1) is 11.8 Å². The van der Waals surface area contributed by atoms with Crippen molar-refractivity contribution in [3.63, 3.8) is 0 Å². The predicted molar refractivity (Wildman–Crippen MR) is 203 cm³/mol. The van der Waals surface area contributed by atoms with Crippen LogP contribution in [0.1, 0.15) is 60.3 Å². The van der Waals surface area contributed by atoms with Gasteiger partial charge in [-0.25, -0.2) is 0 Å². The molecule has 0 spiro atoms. The molecule has 1 aliphatic heterocycles. The number of aliphatic hydroxyl groups excluding tert-OH is 1. The predicted octanol–water partition coefficient (Wildman–Crippen LogP) is 8.19. The molecule has 0 bridgehead atoms. The van der Waals surface area contributed by atoms with Crippen LogP contribution < -0.4 is 16.4 Å². The third-order valence-electron chi connectivity index (χ3n) is 8.77. The number of nitrogens with one attached hydrogen (secondary N) is 2. The van der Waals surface area contributed by atoms with Gasteiger partial charge >= 0.3 is 0 Å². The number of benzene rings is 5. The van der Waals surface area contributed by atoms with Crippen molar-refractivity contribution in [1.29, 1.82) is 0 Å². The number of nitrogens with two attached hydrogens (primary N) is 1. The molecule has 262 valence electrons. The van der Waals surface area contributed by atoms with Crippen LogP contribution in [-0.4, -0.2) is 28.8 Å². The lowest BCUT2D eigenvalue weighted by Gasteiger charge is -2.36. The molecule has 3 atom stereocenters. The van der Waals surface area contributed by atoms with Crippen LogP contribution in [0.5, 0.6) is 0 Å². The topological polar surface area (TPSA) is 123 Å². The molecule has 9 heteroatoms. The smallest absolute Gasteiger partial charge is 0.224 e. The fourth-order valence-corrected chi connectivity index (χ4v) is 6.89. The highest BCUT2D eigenvalue weighted by atomic mass is 32.2. The van der Waals surface area contributed by atoms with E-state index in [0.29, 0.717) is 24.3 Å². The van der Waals surface area contributed by atoms with Crippen molar-refractivity contribution in [2.45, 2.75) is 62.2 Å². The van der Waals surface area contributed by atoms with E-state index >= 15 is 0 Å². The molecule has 6 rings (SSSR count). The lowest BCUT2D eigenvalue weighted by atomic mass is 9.99. The summed E-state index contributed by atoms with van der Waals surface area (Å²) in [5.41, 5.74) is 12.9. The highest BCUT2D eigenvalue weighted by molar-refractivity contribution is 7.99. The zero-order valence-corrected chi connectivity index (χ0v) is 29.2. The molecule has 1 aliphatic rings. The zero-order valence-electron chi connectivity index (χ0n) is 28.4. The van der Waals surface area contributed by atoms with Gasteiger partial charge in [0.25, 0.3) is 0 Å². The molecule has 1 saturated heterocycles. The van der Waals surface area contributed by atoms with Gasteiger partial charge in [0.2, 0.25) is 11.8 Å². The van der Waals surface area contributed by atoms with E-state index in [1.54, 1.807) is 23.9 Å². The first-order valence-corrected chi connectivity index (χ1v) is 18.2. The molecular weight excluding hydrogens is 659 g/mol. The lowest BCUT2D eigenvalue weighted by Crippen LogP contribution is -2.31. The van der Waals surface area contributed by atoms with Gasteiger partial charge < -0.3 is 30.9 Å². The second-order valence-electron chi connectivity index (χ2n) is 12.6. The normalized spacial score (nSPS) is 17.1. The van der Waals surface area contributed by atoms with E-state index in [1.807, 2.05) is 66.7 Å². The number of rotatable bonds is 14. The number of carbonyl (C=O) groups is 2. The number of ether oxygens (including phenoxy) is 2. The Hall–Kier alpha value is -4.93. The molecule has 0 saturated carbocycles. The van der Waals surface area contributed by atoms with Crippen LogP contribution in [0.2, 0.25) is 0 Å². The molecule has 1 fully saturated rings. The van der Waals surface area contributed by atoms with E-state index in [-0.39, 0.29) is 43.5 Å². The van der Waals surface area contributed by atoms with Crippen LogP contribution in [-0.2, 0) is 32.2 Å². The number of hydrogen-bond acceptors (Lipinski definition) is 7. The maximum absolute atomic E-state index is 12.5. The highest BCUT2D eigenvalue weighted by Gasteiger charge is 2.32. The fourth-order valence-electron chi connectivity index (χ4n) is 5.94. The summed E-state index contributed by atoms with van der Waals surface area (Å²) >= 11 is 1.78. The summed E-state index contributed by atoms with van der Waals surface area (Å²) in [6, 6.07) is 41.7. The molecule has 0 aliphatic carbocycles. The van der Waals surface area contributed by atoms with Crippen LogP contribution in [0.3, 0.4) is 0 Å². The second-order valence-corrected chi connectivity index (χ2v) is 13.7. The van der Waals surface area contributed by atoms with Crippen LogP contribution in [0.15, 0.2) is 132 Å². The Morgan fingerprint density at radius 2 is 1.47 bits per heavy atom. The molecule has 51 heavy (non-hydrogen) atoms. The van der Waals surface area contributed by atoms with Gasteiger partial charge in [-0.2, -0.15) is 0 Å². The summed E-state index contributed by atoms with van der Waals surface area (Å²) < 4.78 is 13.1. The first-order chi connectivity index (χ1) is 24.9. The monoisotopic (exact) mass is 701 g/mol. The summed E-state index contributed by atoms with van der Waals surface area (Å²) in [4.78, 5) is 26.0. The van der Waals surface area contributed by atoms with Crippen LogP contribution in [0.25, 0.3) is 11.1 Å². The van der Waals surface area contributed by atoms with E-state index in [4.69, 9.17) is 15.2 Å². The number of hydrogen-bond donors (Lipinski definition) is 4. The highest BCUT2D eigenvalue weighted by Crippen LogP contribution is 2.40. The van der Waals surface area contributed by atoms with Crippen LogP contribution in [0.4, 0.5) is 11.4 Å². The summed E-state index contributed by atoms with van der Waals surface area (Å²) in [6.07, 6.45) is 0.967. The number of anilines is 2. The van der Waals surface area contributed by atoms with E-state index < -0.39 is 6.29 Å². The van der Waals surface area contributed by atoms with Crippen molar-refractivity contribution in [3.05, 3.63) is 150 Å². The van der Waals surface area contributed by atoms with Gasteiger partial charge in [0.15, 0.2) is 6.29 Å². The summed E-state index contributed by atoms with van der Waals surface area (Å²) in [7, 11) is 0. The largest absolute Gasteiger partial charge is 0.397 e. The molecule has 1 heterocycles. The van der Waals surface area contributed by atoms with Crippen molar-refractivity contribution < 1.29 is 24.2 Å². The minimum absolute atomic E-state index is 0.00572. The van der Waals surface area contributed by atoms with Crippen LogP contribution >= 0.6 is 11.8 Å². The van der Waals surface area contributed by atoms with Gasteiger partial charge in [0.05, 0.1) is 30.2 Å². The molecule has 5 aromatic carbocycles. The number of carbonyl (C=O) groups excluding carboxylic acids is 2.